The molecular weight excluding hydrogens is 556 g/mol. The van der Waals surface area contributed by atoms with Crippen molar-refractivity contribution in [3.8, 4) is 0 Å². The van der Waals surface area contributed by atoms with Crippen LogP contribution in [0.2, 0.25) is 0 Å². The molecular formula is C39H50N4O2. The quantitative estimate of drug-likeness (QED) is 0.251. The summed E-state index contributed by atoms with van der Waals surface area (Å²) < 4.78 is 5.65. The van der Waals surface area contributed by atoms with E-state index in [1.165, 1.54) is 33.4 Å². The third kappa shape index (κ3) is 5.16. The van der Waals surface area contributed by atoms with Crippen molar-refractivity contribution in [2.45, 2.75) is 112 Å². The zero-order chi connectivity index (χ0) is 32.5. The number of hydrogen-bond acceptors (Lipinski definition) is 3. The number of rotatable bonds is 10. The molecule has 3 aromatic rings. The molecule has 1 amide bonds. The minimum atomic E-state index is -0.521. The van der Waals surface area contributed by atoms with Crippen LogP contribution in [0.5, 0.6) is 0 Å². The number of nitrogens with zero attached hydrogens (tertiary/aromatic N) is 2. The molecule has 6 heteroatoms. The maximum atomic E-state index is 13.3. The van der Waals surface area contributed by atoms with Crippen molar-refractivity contribution in [3.05, 3.63) is 95.5 Å². The molecule has 4 heterocycles. The number of H-pyrrole nitrogens is 2. The molecule has 2 aromatic heterocycles. The first-order valence-corrected chi connectivity index (χ1v) is 17.1. The van der Waals surface area contributed by atoms with E-state index in [2.05, 4.69) is 101 Å². The van der Waals surface area contributed by atoms with Gasteiger partial charge in [0.25, 0.3) is 5.91 Å². The van der Waals surface area contributed by atoms with Gasteiger partial charge in [-0.3, -0.25) is 4.79 Å². The molecule has 0 aliphatic carbocycles. The molecule has 0 fully saturated rings. The highest BCUT2D eigenvalue weighted by Gasteiger charge is 2.41. The fraction of sp³-hybridized carbons (Fsp3) is 0.462. The van der Waals surface area contributed by atoms with Crippen LogP contribution in [-0.2, 0) is 40.6 Å². The SMILES string of the molecule is CCC1=C(CC)/C(=C/c2[nH]c(/C=c3\[nH]/c(=c4/cccc5c4=NC(=O)C5(CC)CC)c(CC)c3CC)c(CC)c2CC)N=C1OC. The third-order valence-electron chi connectivity index (χ3n) is 10.2. The Kier molecular flexibility index (Phi) is 9.52. The summed E-state index contributed by atoms with van der Waals surface area (Å²) in [5, 5.41) is 4.06. The second-order valence-corrected chi connectivity index (χ2v) is 12.1. The van der Waals surface area contributed by atoms with Crippen LogP contribution in [0.3, 0.4) is 0 Å². The number of hydrogen-bond donors (Lipinski definition) is 2. The second-order valence-electron chi connectivity index (χ2n) is 12.1. The molecule has 2 N–H and O–H groups in total. The van der Waals surface area contributed by atoms with Gasteiger partial charge < -0.3 is 14.7 Å². The lowest BCUT2D eigenvalue weighted by molar-refractivity contribution is -0.123. The number of aliphatic imine (C=N–C) groups is 1. The van der Waals surface area contributed by atoms with Gasteiger partial charge in [-0.15, -0.1) is 0 Å². The van der Waals surface area contributed by atoms with Crippen LogP contribution in [0.1, 0.15) is 120 Å². The average molecular weight is 607 g/mol. The highest BCUT2D eigenvalue weighted by molar-refractivity contribution is 6.00. The van der Waals surface area contributed by atoms with Crippen LogP contribution in [-0.4, -0.2) is 28.9 Å². The van der Waals surface area contributed by atoms with Crippen molar-refractivity contribution in [2.24, 2.45) is 9.98 Å². The van der Waals surface area contributed by atoms with Crippen molar-refractivity contribution < 1.29 is 9.53 Å². The summed E-state index contributed by atoms with van der Waals surface area (Å²) in [5.74, 6) is 0.730. The van der Waals surface area contributed by atoms with Crippen molar-refractivity contribution in [1.82, 2.24) is 9.97 Å². The Morgan fingerprint density at radius 2 is 1.36 bits per heavy atom. The van der Waals surface area contributed by atoms with Gasteiger partial charge in [-0.2, -0.15) is 0 Å². The number of nitrogens with one attached hydrogen (secondary N) is 2. The summed E-state index contributed by atoms with van der Waals surface area (Å²) in [4.78, 5) is 30.5. The van der Waals surface area contributed by atoms with Crippen LogP contribution in [0.4, 0.5) is 0 Å². The number of aromatic amines is 2. The van der Waals surface area contributed by atoms with Crippen LogP contribution < -0.4 is 10.7 Å². The lowest BCUT2D eigenvalue weighted by atomic mass is 9.76. The zero-order valence-corrected chi connectivity index (χ0v) is 28.8. The van der Waals surface area contributed by atoms with Crippen molar-refractivity contribution >= 4 is 24.0 Å². The fourth-order valence-corrected chi connectivity index (χ4v) is 7.79. The molecule has 0 bridgehead atoms. The predicted molar refractivity (Wildman–Crippen MR) is 185 cm³/mol. The highest BCUT2D eigenvalue weighted by Crippen LogP contribution is 2.35. The first-order valence-electron chi connectivity index (χ1n) is 17.1. The predicted octanol–water partition coefficient (Wildman–Crippen LogP) is 7.44. The highest BCUT2D eigenvalue weighted by atomic mass is 16.5. The maximum Gasteiger partial charge on any atom is 0.256 e. The molecule has 0 spiro atoms. The number of carbonyl (C=O) groups is 1. The van der Waals surface area contributed by atoms with E-state index in [-0.39, 0.29) is 5.91 Å². The standard InChI is InChI=1S/C39H50N4O2/c1-10-23-24(11-2)32(22-34-26(13-4)28(15-6)37(42-34)45-9)40-31(23)21-33-25(12-3)27(14-5)35(41-33)29-19-18-20-30-36(29)43-38(44)39(30,16-7)17-8/h18-22,40-41H,10-17H2,1-9H3/b33-21-,34-22-,35-29-. The molecule has 2 aliphatic rings. The summed E-state index contributed by atoms with van der Waals surface area (Å²) in [6, 6.07) is 6.31. The van der Waals surface area contributed by atoms with E-state index in [1.54, 1.807) is 7.11 Å². The van der Waals surface area contributed by atoms with Gasteiger partial charge in [0.05, 0.1) is 28.9 Å². The molecule has 238 valence electrons. The van der Waals surface area contributed by atoms with Gasteiger partial charge in [-0.1, -0.05) is 73.6 Å². The molecule has 0 saturated carbocycles. The number of benzene rings is 1. The first-order chi connectivity index (χ1) is 21.8. The smallest absolute Gasteiger partial charge is 0.256 e. The van der Waals surface area contributed by atoms with Gasteiger partial charge in [-0.25, -0.2) is 9.98 Å². The zero-order valence-electron chi connectivity index (χ0n) is 28.8. The van der Waals surface area contributed by atoms with Gasteiger partial charge in [0.1, 0.15) is 0 Å². The number of fused-ring (bicyclic) bond motifs is 1. The monoisotopic (exact) mass is 606 g/mol. The van der Waals surface area contributed by atoms with E-state index >= 15 is 0 Å². The van der Waals surface area contributed by atoms with Crippen LogP contribution in [0.15, 0.2) is 45.0 Å². The van der Waals surface area contributed by atoms with E-state index in [9.17, 15) is 4.79 Å². The minimum Gasteiger partial charge on any atom is -0.481 e. The number of methoxy groups -OCH3 is 1. The molecule has 0 atom stereocenters. The number of carbonyl (C=O) groups excluding carboxylic acids is 1. The summed E-state index contributed by atoms with van der Waals surface area (Å²) in [5.41, 5.74) is 11.5. The fourth-order valence-electron chi connectivity index (χ4n) is 7.79. The number of ether oxygens (including phenoxy) is 1. The van der Waals surface area contributed by atoms with Gasteiger partial charge in [0, 0.05) is 27.5 Å². The lowest BCUT2D eigenvalue weighted by Gasteiger charge is -2.24. The average Bonchev–Trinajstić information content (AvgIpc) is 3.78. The van der Waals surface area contributed by atoms with E-state index in [1.807, 2.05) is 0 Å². The largest absolute Gasteiger partial charge is 0.481 e. The minimum absolute atomic E-state index is 0.00822. The van der Waals surface area contributed by atoms with E-state index in [0.717, 1.165) is 101 Å². The van der Waals surface area contributed by atoms with Crippen LogP contribution in [0.25, 0.3) is 12.2 Å². The molecule has 0 radical (unpaired) electrons. The van der Waals surface area contributed by atoms with Crippen molar-refractivity contribution in [3.63, 3.8) is 0 Å². The van der Waals surface area contributed by atoms with Gasteiger partial charge in [-0.05, 0) is 96.9 Å². The Morgan fingerprint density at radius 3 is 1.91 bits per heavy atom. The summed E-state index contributed by atoms with van der Waals surface area (Å²) in [6.07, 6.45) is 11.5. The molecule has 6 nitrogen and oxygen atoms in total. The first kappa shape index (κ1) is 32.5. The van der Waals surface area contributed by atoms with Gasteiger partial charge in [0.2, 0.25) is 5.90 Å². The molecule has 0 saturated heterocycles. The van der Waals surface area contributed by atoms with Crippen molar-refractivity contribution in [2.75, 3.05) is 7.11 Å². The summed E-state index contributed by atoms with van der Waals surface area (Å²) in [7, 11) is 1.71. The van der Waals surface area contributed by atoms with Gasteiger partial charge in [0.15, 0.2) is 0 Å². The molecule has 45 heavy (non-hydrogen) atoms. The summed E-state index contributed by atoms with van der Waals surface area (Å²) in [6.45, 7) is 17.5. The second kappa shape index (κ2) is 13.2. The Hall–Kier alpha value is -3.93. The van der Waals surface area contributed by atoms with Crippen LogP contribution in [0, 0.1) is 10.6 Å². The van der Waals surface area contributed by atoms with E-state index < -0.39 is 5.41 Å². The topological polar surface area (TPSA) is 82.6 Å². The van der Waals surface area contributed by atoms with Crippen molar-refractivity contribution in [1.29, 1.82) is 0 Å². The van der Waals surface area contributed by atoms with E-state index in [4.69, 9.17) is 9.73 Å². The third-order valence-corrected chi connectivity index (χ3v) is 10.2. The Morgan fingerprint density at radius 1 is 0.733 bits per heavy atom. The molecule has 1 aromatic carbocycles. The van der Waals surface area contributed by atoms with Crippen LogP contribution >= 0.6 is 0 Å². The number of allylic oxidation sites excluding steroid dienone is 1. The number of para-hydroxylation sites is 1. The number of aromatic nitrogens is 2. The Labute approximate surface area is 267 Å². The lowest BCUT2D eigenvalue weighted by Crippen LogP contribution is -2.31. The Balaban J connectivity index is 1.78. The Bertz CT molecular complexity index is 1940. The molecule has 2 aliphatic heterocycles. The maximum absolute atomic E-state index is 13.3. The summed E-state index contributed by atoms with van der Waals surface area (Å²) >= 11 is 0. The number of amides is 1. The van der Waals surface area contributed by atoms with E-state index in [0.29, 0.717) is 0 Å². The molecule has 0 unspecified atom stereocenters. The van der Waals surface area contributed by atoms with Gasteiger partial charge >= 0.3 is 0 Å². The molecule has 5 rings (SSSR count). The normalized spacial score (nSPS) is 17.8.